The third-order valence-corrected chi connectivity index (χ3v) is 4.94. The number of hydrogen-bond acceptors (Lipinski definition) is 4. The Morgan fingerprint density at radius 2 is 1.95 bits per heavy atom. The molecule has 2 N–H and O–H groups in total. The lowest BCUT2D eigenvalue weighted by molar-refractivity contribution is 0.0937. The van der Waals surface area contributed by atoms with Gasteiger partial charge >= 0.3 is 0 Å². The van der Waals surface area contributed by atoms with Gasteiger partial charge in [0.1, 0.15) is 4.99 Å². The van der Waals surface area contributed by atoms with Crippen molar-refractivity contribution in [1.29, 1.82) is 0 Å². The van der Waals surface area contributed by atoms with Gasteiger partial charge < -0.3 is 5.73 Å². The molecule has 0 amide bonds. The first kappa shape index (κ1) is 14.9. The van der Waals surface area contributed by atoms with E-state index in [2.05, 4.69) is 20.9 Å². The fourth-order valence-corrected chi connectivity index (χ4v) is 3.63. The summed E-state index contributed by atoms with van der Waals surface area (Å²) in [6.45, 7) is 5.69. The molecule has 114 valence electrons. The molecule has 1 saturated heterocycles. The van der Waals surface area contributed by atoms with Gasteiger partial charge in [0.05, 0.1) is 5.69 Å². The van der Waals surface area contributed by atoms with Gasteiger partial charge in [-0.2, -0.15) is 0 Å². The molecule has 1 aliphatic heterocycles. The molecular formula is C16H24N4S. The zero-order chi connectivity index (χ0) is 14.7. The number of aromatic nitrogens is 1. The molecule has 1 aromatic heterocycles. The average molecular weight is 304 g/mol. The normalized spacial score (nSPS) is 21.7. The highest BCUT2D eigenvalue weighted by Crippen LogP contribution is 2.24. The van der Waals surface area contributed by atoms with E-state index < -0.39 is 0 Å². The van der Waals surface area contributed by atoms with Crippen LogP contribution in [-0.4, -0.2) is 52.0 Å². The lowest BCUT2D eigenvalue weighted by Crippen LogP contribution is -2.49. The van der Waals surface area contributed by atoms with E-state index in [1.807, 2.05) is 6.07 Å². The van der Waals surface area contributed by atoms with Crippen molar-refractivity contribution in [3.05, 3.63) is 29.6 Å². The summed E-state index contributed by atoms with van der Waals surface area (Å²) in [4.78, 5) is 9.79. The maximum Gasteiger partial charge on any atom is 0.122 e. The fourth-order valence-electron chi connectivity index (χ4n) is 3.52. The first-order valence-electron chi connectivity index (χ1n) is 7.93. The van der Waals surface area contributed by atoms with Gasteiger partial charge in [0, 0.05) is 45.0 Å². The summed E-state index contributed by atoms with van der Waals surface area (Å²) in [5.41, 5.74) is 7.63. The lowest BCUT2D eigenvalue weighted by Gasteiger charge is -2.38. The van der Waals surface area contributed by atoms with Crippen LogP contribution in [0.3, 0.4) is 0 Å². The molecule has 1 saturated carbocycles. The van der Waals surface area contributed by atoms with Crippen LogP contribution in [0.25, 0.3) is 0 Å². The van der Waals surface area contributed by atoms with Gasteiger partial charge in [0.2, 0.25) is 0 Å². The molecular weight excluding hydrogens is 280 g/mol. The number of nitrogens with zero attached hydrogens (tertiary/aromatic N) is 3. The second-order valence-corrected chi connectivity index (χ2v) is 6.60. The van der Waals surface area contributed by atoms with Crippen LogP contribution < -0.4 is 5.73 Å². The monoisotopic (exact) mass is 304 g/mol. The quantitative estimate of drug-likeness (QED) is 0.859. The molecule has 4 nitrogen and oxygen atoms in total. The van der Waals surface area contributed by atoms with Gasteiger partial charge in [-0.05, 0) is 30.5 Å². The molecule has 0 atom stereocenters. The van der Waals surface area contributed by atoms with Crippen molar-refractivity contribution in [3.63, 3.8) is 0 Å². The Balaban J connectivity index is 1.53. The summed E-state index contributed by atoms with van der Waals surface area (Å²) in [6.07, 6.45) is 7.45. The van der Waals surface area contributed by atoms with E-state index in [0.29, 0.717) is 4.99 Å². The van der Waals surface area contributed by atoms with Crippen LogP contribution >= 0.6 is 12.2 Å². The second kappa shape index (κ2) is 6.81. The van der Waals surface area contributed by atoms with Crippen LogP contribution in [-0.2, 0) is 6.54 Å². The molecule has 0 aromatic carbocycles. The molecule has 2 aliphatic rings. The molecule has 0 unspecified atom stereocenters. The van der Waals surface area contributed by atoms with Gasteiger partial charge in [0.25, 0.3) is 0 Å². The Morgan fingerprint density at radius 3 is 2.62 bits per heavy atom. The van der Waals surface area contributed by atoms with Crippen LogP contribution in [0.4, 0.5) is 0 Å². The maximum atomic E-state index is 5.65. The molecule has 1 aliphatic carbocycles. The minimum Gasteiger partial charge on any atom is -0.388 e. The molecule has 0 spiro atoms. The van der Waals surface area contributed by atoms with Gasteiger partial charge in [-0.3, -0.25) is 14.8 Å². The van der Waals surface area contributed by atoms with Crippen molar-refractivity contribution >= 4 is 17.2 Å². The predicted octanol–water partition coefficient (Wildman–Crippen LogP) is 1.78. The summed E-state index contributed by atoms with van der Waals surface area (Å²) < 4.78 is 0. The zero-order valence-electron chi connectivity index (χ0n) is 12.5. The number of rotatable bonds is 4. The number of thiocarbonyl (C=S) groups is 1. The van der Waals surface area contributed by atoms with Crippen molar-refractivity contribution in [2.75, 3.05) is 26.2 Å². The Hall–Kier alpha value is -1.04. The Bertz CT molecular complexity index is 491. The van der Waals surface area contributed by atoms with Crippen molar-refractivity contribution in [1.82, 2.24) is 14.8 Å². The average Bonchev–Trinajstić information content (AvgIpc) is 3.02. The molecule has 2 heterocycles. The maximum absolute atomic E-state index is 5.65. The van der Waals surface area contributed by atoms with E-state index >= 15 is 0 Å². The third-order valence-electron chi connectivity index (χ3n) is 4.73. The van der Waals surface area contributed by atoms with Crippen LogP contribution in [0, 0.1) is 0 Å². The van der Waals surface area contributed by atoms with Crippen LogP contribution in [0.1, 0.15) is 36.9 Å². The van der Waals surface area contributed by atoms with Crippen LogP contribution in [0.2, 0.25) is 0 Å². The van der Waals surface area contributed by atoms with Gasteiger partial charge in [-0.15, -0.1) is 0 Å². The third kappa shape index (κ3) is 3.78. The van der Waals surface area contributed by atoms with E-state index in [9.17, 15) is 0 Å². The smallest absolute Gasteiger partial charge is 0.122 e. The van der Waals surface area contributed by atoms with Crippen molar-refractivity contribution < 1.29 is 0 Å². The van der Waals surface area contributed by atoms with E-state index in [-0.39, 0.29) is 0 Å². The molecule has 3 rings (SSSR count). The van der Waals surface area contributed by atoms with Crippen molar-refractivity contribution in [2.24, 2.45) is 5.73 Å². The summed E-state index contributed by atoms with van der Waals surface area (Å²) in [5, 5.41) is 0. The Kier molecular flexibility index (Phi) is 4.83. The first-order chi connectivity index (χ1) is 10.2. The molecule has 0 radical (unpaired) electrons. The summed E-state index contributed by atoms with van der Waals surface area (Å²) in [6, 6.07) is 4.94. The van der Waals surface area contributed by atoms with E-state index in [4.69, 9.17) is 18.0 Å². The fraction of sp³-hybridized carbons (Fsp3) is 0.625. The Morgan fingerprint density at radius 1 is 1.24 bits per heavy atom. The molecule has 2 fully saturated rings. The van der Waals surface area contributed by atoms with Crippen molar-refractivity contribution in [3.8, 4) is 0 Å². The second-order valence-electron chi connectivity index (χ2n) is 6.16. The zero-order valence-corrected chi connectivity index (χ0v) is 13.3. The number of nitrogens with two attached hydrogens (primary N) is 1. The molecule has 5 heteroatoms. The standard InChI is InChI=1S/C16H24N4S/c17-16(21)15-11-13(5-6-18-15)12-19-7-9-20(10-8-19)14-3-1-2-4-14/h5-6,11,14H,1-4,7-10,12H2,(H2,17,21). The summed E-state index contributed by atoms with van der Waals surface area (Å²) in [7, 11) is 0. The van der Waals surface area contributed by atoms with E-state index in [1.165, 1.54) is 44.3 Å². The SMILES string of the molecule is NC(=S)c1cc(CN2CCN(C3CCCC3)CC2)ccn1. The first-order valence-corrected chi connectivity index (χ1v) is 8.34. The predicted molar refractivity (Wildman–Crippen MR) is 89.2 cm³/mol. The minimum atomic E-state index is 0.378. The molecule has 21 heavy (non-hydrogen) atoms. The topological polar surface area (TPSA) is 45.4 Å². The van der Waals surface area contributed by atoms with E-state index in [1.54, 1.807) is 6.20 Å². The number of hydrogen-bond donors (Lipinski definition) is 1. The van der Waals surface area contributed by atoms with Gasteiger partial charge in [-0.25, -0.2) is 0 Å². The minimum absolute atomic E-state index is 0.378. The van der Waals surface area contributed by atoms with E-state index in [0.717, 1.165) is 31.4 Å². The van der Waals surface area contributed by atoms with Gasteiger partial charge in [0.15, 0.2) is 0 Å². The summed E-state index contributed by atoms with van der Waals surface area (Å²) >= 11 is 5.00. The summed E-state index contributed by atoms with van der Waals surface area (Å²) in [5.74, 6) is 0. The highest BCUT2D eigenvalue weighted by Gasteiger charge is 2.25. The molecule has 0 bridgehead atoms. The van der Waals surface area contributed by atoms with Crippen LogP contribution in [0.5, 0.6) is 0 Å². The highest BCUT2D eigenvalue weighted by molar-refractivity contribution is 7.80. The lowest BCUT2D eigenvalue weighted by atomic mass is 10.1. The van der Waals surface area contributed by atoms with Gasteiger partial charge in [-0.1, -0.05) is 25.1 Å². The number of piperazine rings is 1. The Labute approximate surface area is 132 Å². The van der Waals surface area contributed by atoms with Crippen LogP contribution in [0.15, 0.2) is 18.3 Å². The number of pyridine rings is 1. The molecule has 1 aromatic rings. The van der Waals surface area contributed by atoms with Crippen molar-refractivity contribution in [2.45, 2.75) is 38.3 Å². The largest absolute Gasteiger partial charge is 0.388 e. The highest BCUT2D eigenvalue weighted by atomic mass is 32.1.